The van der Waals surface area contributed by atoms with Crippen molar-refractivity contribution in [2.24, 2.45) is 0 Å². The second-order valence-electron chi connectivity index (χ2n) is 3.53. The van der Waals surface area contributed by atoms with Crippen LogP contribution in [-0.2, 0) is 0 Å². The quantitative estimate of drug-likeness (QED) is 0.642. The van der Waals surface area contributed by atoms with Crippen molar-refractivity contribution in [3.8, 4) is 16.9 Å². The van der Waals surface area contributed by atoms with Crippen molar-refractivity contribution in [3.63, 3.8) is 0 Å². The lowest BCUT2D eigenvalue weighted by molar-refractivity contribution is 0.477. The third kappa shape index (κ3) is 2.66. The summed E-state index contributed by atoms with van der Waals surface area (Å²) in [5, 5.41) is 11.5. The van der Waals surface area contributed by atoms with Gasteiger partial charge in [-0.1, -0.05) is 58.0 Å². The van der Waals surface area contributed by atoms with Gasteiger partial charge in [-0.2, -0.15) is 0 Å². The summed E-state index contributed by atoms with van der Waals surface area (Å²) in [6.45, 7) is 0. The summed E-state index contributed by atoms with van der Waals surface area (Å²) in [4.78, 5) is 0. The van der Waals surface area contributed by atoms with Gasteiger partial charge in [0, 0.05) is 21.2 Å². The zero-order valence-corrected chi connectivity index (χ0v) is 12.4. The fourth-order valence-corrected chi connectivity index (χ4v) is 3.07. The molecule has 18 heavy (non-hydrogen) atoms. The first-order valence-electron chi connectivity index (χ1n) is 4.73. The van der Waals surface area contributed by atoms with Crippen LogP contribution >= 0.6 is 58.0 Å². The van der Waals surface area contributed by atoms with Gasteiger partial charge in [-0.15, -0.1) is 0 Å². The van der Waals surface area contributed by atoms with Crippen LogP contribution in [0, 0.1) is 0 Å². The number of rotatable bonds is 1. The standard InChI is InChI=1S/C12H5Cl5O/c13-5-1-7(12(18)10(17)4-5)11-8(15)2-6(14)3-9(11)16/h1-4,18H. The molecule has 0 saturated heterocycles. The average Bonchev–Trinajstić information content (AvgIpc) is 2.23. The van der Waals surface area contributed by atoms with Gasteiger partial charge in [0.2, 0.25) is 0 Å². The lowest BCUT2D eigenvalue weighted by atomic mass is 10.0. The first-order valence-corrected chi connectivity index (χ1v) is 6.62. The topological polar surface area (TPSA) is 20.2 Å². The van der Waals surface area contributed by atoms with E-state index in [4.69, 9.17) is 58.0 Å². The van der Waals surface area contributed by atoms with Crippen LogP contribution < -0.4 is 0 Å². The SMILES string of the molecule is Oc1c(Cl)cc(Cl)cc1-c1c(Cl)cc(Cl)cc1Cl. The van der Waals surface area contributed by atoms with Crippen molar-refractivity contribution < 1.29 is 5.11 Å². The molecule has 0 amide bonds. The number of hydrogen-bond acceptors (Lipinski definition) is 1. The second-order valence-corrected chi connectivity index (χ2v) is 5.62. The largest absolute Gasteiger partial charge is 0.506 e. The van der Waals surface area contributed by atoms with Gasteiger partial charge in [0.1, 0.15) is 5.75 Å². The Labute approximate surface area is 129 Å². The molecule has 6 heteroatoms. The van der Waals surface area contributed by atoms with Crippen molar-refractivity contribution in [3.05, 3.63) is 49.4 Å². The molecule has 0 atom stereocenters. The number of phenols is 1. The molecule has 2 rings (SSSR count). The van der Waals surface area contributed by atoms with E-state index in [1.165, 1.54) is 24.3 Å². The molecule has 0 saturated carbocycles. The molecule has 1 nitrogen and oxygen atoms in total. The van der Waals surface area contributed by atoms with E-state index in [2.05, 4.69) is 0 Å². The normalized spacial score (nSPS) is 10.7. The number of aromatic hydroxyl groups is 1. The van der Waals surface area contributed by atoms with Gasteiger partial charge < -0.3 is 5.11 Å². The maximum atomic E-state index is 9.95. The Kier molecular flexibility index (Phi) is 4.20. The highest BCUT2D eigenvalue weighted by Gasteiger charge is 2.16. The summed E-state index contributed by atoms with van der Waals surface area (Å²) >= 11 is 29.7. The Hall–Kier alpha value is -0.310. The summed E-state index contributed by atoms with van der Waals surface area (Å²) in [5.74, 6) is -0.132. The predicted octanol–water partition coefficient (Wildman–Crippen LogP) is 6.33. The molecule has 2 aromatic rings. The van der Waals surface area contributed by atoms with Crippen LogP contribution in [0.4, 0.5) is 0 Å². The maximum absolute atomic E-state index is 9.95. The minimum Gasteiger partial charge on any atom is -0.506 e. The fourth-order valence-electron chi connectivity index (χ4n) is 1.56. The van der Waals surface area contributed by atoms with Crippen LogP contribution in [0.1, 0.15) is 0 Å². The first-order chi connectivity index (χ1) is 8.40. The van der Waals surface area contributed by atoms with E-state index in [0.717, 1.165) is 0 Å². The van der Waals surface area contributed by atoms with Gasteiger partial charge in [-0.3, -0.25) is 0 Å². The van der Waals surface area contributed by atoms with Gasteiger partial charge in [-0.25, -0.2) is 0 Å². The van der Waals surface area contributed by atoms with E-state index in [1.807, 2.05) is 0 Å². The van der Waals surface area contributed by atoms with Crippen molar-refractivity contribution in [1.82, 2.24) is 0 Å². The molecule has 0 bridgehead atoms. The Balaban J connectivity index is 2.77. The van der Waals surface area contributed by atoms with E-state index in [-0.39, 0.29) is 10.8 Å². The van der Waals surface area contributed by atoms with E-state index in [1.54, 1.807) is 0 Å². The van der Waals surface area contributed by atoms with Gasteiger partial charge in [0.15, 0.2) is 0 Å². The molecule has 0 aliphatic heterocycles. The lowest BCUT2D eigenvalue weighted by Gasteiger charge is -2.11. The van der Waals surface area contributed by atoms with Crippen LogP contribution in [0.2, 0.25) is 25.1 Å². The number of hydrogen-bond donors (Lipinski definition) is 1. The van der Waals surface area contributed by atoms with Crippen LogP contribution in [0.3, 0.4) is 0 Å². The maximum Gasteiger partial charge on any atom is 0.142 e. The summed E-state index contributed by atoms with van der Waals surface area (Å²) < 4.78 is 0. The van der Waals surface area contributed by atoms with Gasteiger partial charge in [0.05, 0.1) is 15.1 Å². The zero-order chi connectivity index (χ0) is 13.4. The fraction of sp³-hybridized carbons (Fsp3) is 0. The number of phenolic OH excluding ortho intramolecular Hbond substituents is 1. The lowest BCUT2D eigenvalue weighted by Crippen LogP contribution is -1.85. The molecule has 0 unspecified atom stereocenters. The van der Waals surface area contributed by atoms with Crippen LogP contribution in [0.15, 0.2) is 24.3 Å². The predicted molar refractivity (Wildman–Crippen MR) is 78.6 cm³/mol. The summed E-state index contributed by atoms with van der Waals surface area (Å²) in [6, 6.07) is 6.01. The minimum absolute atomic E-state index is 0.125. The van der Waals surface area contributed by atoms with Gasteiger partial charge in [0.25, 0.3) is 0 Å². The van der Waals surface area contributed by atoms with Crippen molar-refractivity contribution in [2.45, 2.75) is 0 Å². The summed E-state index contributed by atoms with van der Waals surface area (Å²) in [6.07, 6.45) is 0. The molecule has 0 aromatic heterocycles. The zero-order valence-electron chi connectivity index (χ0n) is 8.65. The van der Waals surface area contributed by atoms with Crippen LogP contribution in [0.25, 0.3) is 11.1 Å². The van der Waals surface area contributed by atoms with E-state index < -0.39 is 0 Å². The Morgan fingerprint density at radius 2 is 1.11 bits per heavy atom. The van der Waals surface area contributed by atoms with Crippen molar-refractivity contribution >= 4 is 58.0 Å². The molecule has 94 valence electrons. The molecule has 2 aromatic carbocycles. The Morgan fingerprint density at radius 1 is 0.667 bits per heavy atom. The summed E-state index contributed by atoms with van der Waals surface area (Å²) in [7, 11) is 0. The molecular formula is C12H5Cl5O. The highest BCUT2D eigenvalue weighted by atomic mass is 35.5. The van der Waals surface area contributed by atoms with Crippen molar-refractivity contribution in [2.75, 3.05) is 0 Å². The van der Waals surface area contributed by atoms with Gasteiger partial charge in [-0.05, 0) is 24.3 Å². The smallest absolute Gasteiger partial charge is 0.142 e. The van der Waals surface area contributed by atoms with Crippen LogP contribution in [-0.4, -0.2) is 5.11 Å². The average molecular weight is 342 g/mol. The molecule has 1 N–H and O–H groups in total. The molecule has 0 aliphatic rings. The van der Waals surface area contributed by atoms with Crippen molar-refractivity contribution in [1.29, 1.82) is 0 Å². The molecule has 0 spiro atoms. The number of benzene rings is 2. The van der Waals surface area contributed by atoms with E-state index in [0.29, 0.717) is 31.2 Å². The number of halogens is 5. The molecule has 0 fully saturated rings. The third-order valence-electron chi connectivity index (χ3n) is 2.30. The summed E-state index contributed by atoms with van der Waals surface area (Å²) in [5.41, 5.74) is 0.795. The van der Waals surface area contributed by atoms with Gasteiger partial charge >= 0.3 is 0 Å². The van der Waals surface area contributed by atoms with Crippen LogP contribution in [0.5, 0.6) is 5.75 Å². The monoisotopic (exact) mass is 340 g/mol. The first kappa shape index (κ1) is 14.1. The highest BCUT2D eigenvalue weighted by molar-refractivity contribution is 6.42. The molecule has 0 aliphatic carbocycles. The second kappa shape index (κ2) is 5.36. The van der Waals surface area contributed by atoms with E-state index >= 15 is 0 Å². The van der Waals surface area contributed by atoms with E-state index in [9.17, 15) is 5.11 Å². The minimum atomic E-state index is -0.132. The molecule has 0 radical (unpaired) electrons. The Morgan fingerprint density at radius 3 is 1.67 bits per heavy atom. The third-order valence-corrected chi connectivity index (χ3v) is 3.63. The molecule has 0 heterocycles. The Bertz CT molecular complexity index is 601. The highest BCUT2D eigenvalue weighted by Crippen LogP contribution is 2.44. The molecular weight excluding hydrogens is 337 g/mol.